The highest BCUT2D eigenvalue weighted by molar-refractivity contribution is 5.75. The van der Waals surface area contributed by atoms with Crippen molar-refractivity contribution in [3.05, 3.63) is 23.8 Å². The van der Waals surface area contributed by atoms with Gasteiger partial charge in [0.1, 0.15) is 11.3 Å². The number of hydrogen-bond acceptors (Lipinski definition) is 2. The summed E-state index contributed by atoms with van der Waals surface area (Å²) < 4.78 is 2.10. The second-order valence-electron chi connectivity index (χ2n) is 5.03. The Kier molecular flexibility index (Phi) is 2.07. The highest BCUT2D eigenvalue weighted by Crippen LogP contribution is 2.23. The third kappa shape index (κ3) is 1.62. The number of hydrogen-bond donors (Lipinski definition) is 0. The molecule has 80 valence electrons. The highest BCUT2D eigenvalue weighted by Gasteiger charge is 2.16. The van der Waals surface area contributed by atoms with E-state index in [1.807, 2.05) is 20.2 Å². The van der Waals surface area contributed by atoms with Crippen molar-refractivity contribution in [3.63, 3.8) is 0 Å². The molecule has 15 heavy (non-hydrogen) atoms. The Balaban J connectivity index is 2.70. The molecule has 3 heteroatoms. The van der Waals surface area contributed by atoms with E-state index in [0.717, 1.165) is 22.6 Å². The molecule has 0 aliphatic heterocycles. The van der Waals surface area contributed by atoms with Gasteiger partial charge in [0.05, 0.1) is 11.7 Å². The number of aryl methyl sites for hydroxylation is 2. The minimum Gasteiger partial charge on any atom is -0.331 e. The summed E-state index contributed by atoms with van der Waals surface area (Å²) in [5, 5.41) is 0. The first-order valence-electron chi connectivity index (χ1n) is 5.19. The number of nitrogens with zero attached hydrogens (tertiary/aromatic N) is 3. The molecule has 0 saturated carbocycles. The second kappa shape index (κ2) is 3.05. The molecule has 0 unspecified atom stereocenters. The van der Waals surface area contributed by atoms with Crippen LogP contribution in [0.1, 0.15) is 32.3 Å². The van der Waals surface area contributed by atoms with Crippen LogP contribution in [0, 0.1) is 6.92 Å². The summed E-state index contributed by atoms with van der Waals surface area (Å²) in [5.74, 6) is 1.03. The summed E-state index contributed by atoms with van der Waals surface area (Å²) in [6, 6.07) is 2.13. The average molecular weight is 203 g/mol. The minimum atomic E-state index is 0.0896. The van der Waals surface area contributed by atoms with E-state index in [1.54, 1.807) is 0 Å². The van der Waals surface area contributed by atoms with Crippen molar-refractivity contribution in [3.8, 4) is 0 Å². The Bertz CT molecular complexity index is 503. The fraction of sp³-hybridized carbons (Fsp3) is 0.500. The topological polar surface area (TPSA) is 30.7 Å². The van der Waals surface area contributed by atoms with Crippen LogP contribution in [0.4, 0.5) is 0 Å². The molecule has 0 aliphatic carbocycles. The molecule has 2 aromatic rings. The van der Waals surface area contributed by atoms with Crippen molar-refractivity contribution >= 4 is 11.0 Å². The molecule has 2 rings (SSSR count). The van der Waals surface area contributed by atoms with E-state index in [2.05, 4.69) is 41.4 Å². The lowest BCUT2D eigenvalue weighted by Crippen LogP contribution is -2.13. The van der Waals surface area contributed by atoms with Crippen LogP contribution < -0.4 is 0 Å². The van der Waals surface area contributed by atoms with E-state index in [0.29, 0.717) is 0 Å². The van der Waals surface area contributed by atoms with Crippen LogP contribution in [0.2, 0.25) is 0 Å². The van der Waals surface area contributed by atoms with Crippen LogP contribution >= 0.6 is 0 Å². The van der Waals surface area contributed by atoms with Gasteiger partial charge >= 0.3 is 0 Å². The zero-order valence-corrected chi connectivity index (χ0v) is 10.00. The van der Waals surface area contributed by atoms with Gasteiger partial charge in [-0.15, -0.1) is 0 Å². The molecule has 0 bridgehead atoms. The molecule has 0 atom stereocenters. The maximum absolute atomic E-state index is 4.46. The monoisotopic (exact) mass is 203 g/mol. The van der Waals surface area contributed by atoms with Crippen LogP contribution in [0.25, 0.3) is 11.0 Å². The van der Waals surface area contributed by atoms with Gasteiger partial charge in [0.25, 0.3) is 0 Å². The van der Waals surface area contributed by atoms with Crippen LogP contribution in [-0.2, 0) is 12.5 Å². The molecular formula is C12H17N3. The van der Waals surface area contributed by atoms with E-state index in [4.69, 9.17) is 0 Å². The molecule has 3 nitrogen and oxygen atoms in total. The molecule has 0 spiro atoms. The third-order valence-electron chi connectivity index (χ3n) is 2.76. The van der Waals surface area contributed by atoms with E-state index in [9.17, 15) is 0 Å². The highest BCUT2D eigenvalue weighted by atomic mass is 15.1. The lowest BCUT2D eigenvalue weighted by molar-refractivity contribution is 0.570. The lowest BCUT2D eigenvalue weighted by Gasteiger charge is -2.17. The third-order valence-corrected chi connectivity index (χ3v) is 2.76. The summed E-state index contributed by atoms with van der Waals surface area (Å²) in [6.07, 6.45) is 1.86. The molecule has 2 aromatic heterocycles. The predicted octanol–water partition coefficient (Wildman–Crippen LogP) is 2.57. The van der Waals surface area contributed by atoms with Gasteiger partial charge < -0.3 is 4.57 Å². The Morgan fingerprint density at radius 3 is 2.53 bits per heavy atom. The first-order valence-corrected chi connectivity index (χ1v) is 5.19. The van der Waals surface area contributed by atoms with Gasteiger partial charge in [-0.2, -0.15) is 0 Å². The zero-order valence-electron chi connectivity index (χ0n) is 10.00. The van der Waals surface area contributed by atoms with Crippen molar-refractivity contribution in [1.29, 1.82) is 0 Å². The van der Waals surface area contributed by atoms with Crippen LogP contribution in [0.5, 0.6) is 0 Å². The van der Waals surface area contributed by atoms with Crippen LogP contribution in [0.3, 0.4) is 0 Å². The summed E-state index contributed by atoms with van der Waals surface area (Å²) in [7, 11) is 2.04. The number of imidazole rings is 1. The SMILES string of the molecule is Cc1nc2cnc(C(C)(C)C)cc2n1C. The molecular weight excluding hydrogens is 186 g/mol. The summed E-state index contributed by atoms with van der Waals surface area (Å²) >= 11 is 0. The van der Waals surface area contributed by atoms with Gasteiger partial charge in [-0.05, 0) is 13.0 Å². The summed E-state index contributed by atoms with van der Waals surface area (Å²) in [6.45, 7) is 8.52. The van der Waals surface area contributed by atoms with E-state index in [-0.39, 0.29) is 5.41 Å². The van der Waals surface area contributed by atoms with Crippen molar-refractivity contribution in [2.45, 2.75) is 33.1 Å². The van der Waals surface area contributed by atoms with Crippen LogP contribution in [0.15, 0.2) is 12.3 Å². The Hall–Kier alpha value is -1.38. The molecule has 0 N–H and O–H groups in total. The van der Waals surface area contributed by atoms with E-state index < -0.39 is 0 Å². The zero-order chi connectivity index (χ0) is 11.2. The number of aromatic nitrogens is 3. The van der Waals surface area contributed by atoms with Crippen molar-refractivity contribution in [1.82, 2.24) is 14.5 Å². The van der Waals surface area contributed by atoms with Gasteiger partial charge in [-0.25, -0.2) is 4.98 Å². The van der Waals surface area contributed by atoms with Crippen LogP contribution in [-0.4, -0.2) is 14.5 Å². The first kappa shape index (κ1) is 10.1. The standard InChI is InChI=1S/C12H17N3/c1-8-14-9-7-13-11(12(2,3)4)6-10(9)15(8)5/h6-7H,1-5H3. The Labute approximate surface area is 90.2 Å². The molecule has 0 aliphatic rings. The minimum absolute atomic E-state index is 0.0896. The largest absolute Gasteiger partial charge is 0.331 e. The predicted molar refractivity (Wildman–Crippen MR) is 61.9 cm³/mol. The fourth-order valence-corrected chi connectivity index (χ4v) is 1.63. The number of fused-ring (bicyclic) bond motifs is 1. The quantitative estimate of drug-likeness (QED) is 0.659. The van der Waals surface area contributed by atoms with Gasteiger partial charge in [-0.1, -0.05) is 20.8 Å². The van der Waals surface area contributed by atoms with Crippen molar-refractivity contribution in [2.75, 3.05) is 0 Å². The molecule has 0 aromatic carbocycles. The molecule has 0 fully saturated rings. The van der Waals surface area contributed by atoms with E-state index >= 15 is 0 Å². The summed E-state index contributed by atoms with van der Waals surface area (Å²) in [5.41, 5.74) is 3.33. The maximum Gasteiger partial charge on any atom is 0.107 e. The second-order valence-corrected chi connectivity index (χ2v) is 5.03. The number of rotatable bonds is 0. The smallest absolute Gasteiger partial charge is 0.107 e. The molecule has 0 radical (unpaired) electrons. The fourth-order valence-electron chi connectivity index (χ4n) is 1.63. The Morgan fingerprint density at radius 2 is 1.93 bits per heavy atom. The Morgan fingerprint density at radius 1 is 1.27 bits per heavy atom. The van der Waals surface area contributed by atoms with Crippen molar-refractivity contribution in [2.24, 2.45) is 7.05 Å². The summed E-state index contributed by atoms with van der Waals surface area (Å²) in [4.78, 5) is 8.89. The molecule has 0 saturated heterocycles. The van der Waals surface area contributed by atoms with E-state index in [1.165, 1.54) is 0 Å². The van der Waals surface area contributed by atoms with Gasteiger partial charge in [0, 0.05) is 18.2 Å². The first-order chi connectivity index (χ1) is 6.89. The average Bonchev–Trinajstić information content (AvgIpc) is 2.41. The number of pyridine rings is 1. The van der Waals surface area contributed by atoms with Gasteiger partial charge in [0.2, 0.25) is 0 Å². The van der Waals surface area contributed by atoms with Gasteiger partial charge in [0.15, 0.2) is 0 Å². The molecule has 2 heterocycles. The van der Waals surface area contributed by atoms with Crippen molar-refractivity contribution < 1.29 is 0 Å². The maximum atomic E-state index is 4.46. The lowest BCUT2D eigenvalue weighted by atomic mass is 9.91. The van der Waals surface area contributed by atoms with Gasteiger partial charge in [-0.3, -0.25) is 4.98 Å². The molecule has 0 amide bonds. The normalized spacial score (nSPS) is 12.3.